The maximum Gasteiger partial charge on any atom is 0.149 e. The van der Waals surface area contributed by atoms with Crippen molar-refractivity contribution in [1.82, 2.24) is 4.98 Å². The molecule has 164 valence electrons. The van der Waals surface area contributed by atoms with E-state index in [0.717, 1.165) is 35.7 Å². The predicted molar refractivity (Wildman–Crippen MR) is 122 cm³/mol. The van der Waals surface area contributed by atoms with E-state index in [0.29, 0.717) is 30.2 Å². The van der Waals surface area contributed by atoms with E-state index in [1.807, 2.05) is 18.2 Å². The summed E-state index contributed by atoms with van der Waals surface area (Å²) in [7, 11) is 0. The van der Waals surface area contributed by atoms with Crippen molar-refractivity contribution >= 4 is 0 Å². The molecular formula is C26H30F2N2O. The number of rotatable bonds is 8. The first-order valence-corrected chi connectivity index (χ1v) is 10.7. The maximum atomic E-state index is 14.8. The zero-order chi connectivity index (χ0) is 22.5. The highest BCUT2D eigenvalue weighted by molar-refractivity contribution is 5.71. The fourth-order valence-electron chi connectivity index (χ4n) is 3.79. The Labute approximate surface area is 183 Å². The van der Waals surface area contributed by atoms with Gasteiger partial charge < -0.3 is 10.5 Å². The summed E-state index contributed by atoms with van der Waals surface area (Å²) in [6.45, 7) is 10.6. The molecule has 0 fully saturated rings. The molecule has 2 unspecified atom stereocenters. The van der Waals surface area contributed by atoms with Crippen molar-refractivity contribution in [3.63, 3.8) is 0 Å². The molecule has 3 nitrogen and oxygen atoms in total. The fourth-order valence-corrected chi connectivity index (χ4v) is 3.79. The highest BCUT2D eigenvalue weighted by Gasteiger charge is 2.29. The number of pyridine rings is 1. The van der Waals surface area contributed by atoms with Crippen molar-refractivity contribution < 1.29 is 13.5 Å². The first-order chi connectivity index (χ1) is 14.9. The molecule has 0 aliphatic carbocycles. The summed E-state index contributed by atoms with van der Waals surface area (Å²) in [6, 6.07) is 4.38. The van der Waals surface area contributed by atoms with Crippen LogP contribution in [-0.4, -0.2) is 18.1 Å². The van der Waals surface area contributed by atoms with Crippen molar-refractivity contribution in [3.8, 4) is 17.0 Å². The number of aryl methyl sites for hydroxylation is 1. The van der Waals surface area contributed by atoms with Gasteiger partial charge >= 0.3 is 0 Å². The van der Waals surface area contributed by atoms with E-state index in [1.165, 1.54) is 6.07 Å². The number of unbranched alkanes of at least 4 members (excludes halogenated alkanes) is 1. The predicted octanol–water partition coefficient (Wildman–Crippen LogP) is 6.34. The molecule has 0 spiro atoms. The lowest BCUT2D eigenvalue weighted by atomic mass is 9.90. The summed E-state index contributed by atoms with van der Waals surface area (Å²) < 4.78 is 34.5. The standard InChI is InChI=1S/C26H30F2N2O/c1-5-7-8-9-10-18(6-2)21(14-29)24-12-19-17(4)15-31-26(19)25(30-24)20-11-16(3)22(27)13-23(20)28/h6,8-13,17,21H,2,5,7,14-15,29H2,1,3-4H3/b9-8-,18-10+. The molecule has 2 heterocycles. The topological polar surface area (TPSA) is 48.1 Å². The zero-order valence-electron chi connectivity index (χ0n) is 18.4. The number of fused-ring (bicyclic) bond motifs is 1. The number of nitrogens with two attached hydrogens (primary N) is 1. The Balaban J connectivity index is 2.16. The highest BCUT2D eigenvalue weighted by atomic mass is 19.1. The Morgan fingerprint density at radius 3 is 2.77 bits per heavy atom. The van der Waals surface area contributed by atoms with Gasteiger partial charge in [0.1, 0.15) is 23.1 Å². The summed E-state index contributed by atoms with van der Waals surface area (Å²) in [5.74, 6) is -0.753. The van der Waals surface area contributed by atoms with Crippen LogP contribution in [0.3, 0.4) is 0 Å². The summed E-state index contributed by atoms with van der Waals surface area (Å²) in [5.41, 5.74) is 9.75. The van der Waals surface area contributed by atoms with Gasteiger partial charge in [-0.1, -0.05) is 51.2 Å². The van der Waals surface area contributed by atoms with Crippen LogP contribution in [0.1, 0.15) is 55.3 Å². The number of ether oxygens (including phenoxy) is 1. The Bertz CT molecular complexity index is 1030. The quantitative estimate of drug-likeness (QED) is 0.503. The second kappa shape index (κ2) is 10.0. The summed E-state index contributed by atoms with van der Waals surface area (Å²) in [4.78, 5) is 4.78. The number of halogens is 2. The van der Waals surface area contributed by atoms with Crippen molar-refractivity contribution in [2.45, 2.75) is 45.4 Å². The molecule has 1 aliphatic rings. The van der Waals surface area contributed by atoms with E-state index in [1.54, 1.807) is 13.0 Å². The number of hydrogen-bond acceptors (Lipinski definition) is 3. The molecule has 2 atom stereocenters. The monoisotopic (exact) mass is 424 g/mol. The molecule has 1 aliphatic heterocycles. The third-order valence-corrected chi connectivity index (χ3v) is 5.64. The molecular weight excluding hydrogens is 394 g/mol. The number of allylic oxidation sites excluding steroid dienone is 4. The SMILES string of the molecule is C=C/C(=C\C=C/CCC)C(CN)c1cc2c(c(-c3cc(C)c(F)cc3F)n1)OCC2C. The summed E-state index contributed by atoms with van der Waals surface area (Å²) >= 11 is 0. The van der Waals surface area contributed by atoms with Crippen molar-refractivity contribution in [2.75, 3.05) is 13.2 Å². The van der Waals surface area contributed by atoms with Crippen molar-refractivity contribution in [1.29, 1.82) is 0 Å². The van der Waals surface area contributed by atoms with Crippen molar-refractivity contribution in [3.05, 3.63) is 83.1 Å². The van der Waals surface area contributed by atoms with Gasteiger partial charge in [-0.05, 0) is 36.6 Å². The molecule has 2 N–H and O–H groups in total. The van der Waals surface area contributed by atoms with Crippen molar-refractivity contribution in [2.24, 2.45) is 5.73 Å². The van der Waals surface area contributed by atoms with Gasteiger partial charge in [0.05, 0.1) is 12.3 Å². The van der Waals surface area contributed by atoms with Gasteiger partial charge in [-0.15, -0.1) is 0 Å². The second-order valence-corrected chi connectivity index (χ2v) is 7.98. The molecule has 31 heavy (non-hydrogen) atoms. The molecule has 5 heteroatoms. The van der Waals surface area contributed by atoms with Crippen LogP contribution in [0, 0.1) is 18.6 Å². The minimum Gasteiger partial charge on any atom is -0.490 e. The van der Waals surface area contributed by atoms with Crippen LogP contribution in [0.5, 0.6) is 5.75 Å². The molecule has 0 radical (unpaired) electrons. The van der Waals surface area contributed by atoms with Crippen LogP contribution in [0.15, 0.2) is 54.7 Å². The van der Waals surface area contributed by atoms with E-state index in [9.17, 15) is 8.78 Å². The number of hydrogen-bond donors (Lipinski definition) is 1. The average molecular weight is 425 g/mol. The third-order valence-electron chi connectivity index (χ3n) is 5.64. The Kier molecular flexibility index (Phi) is 7.39. The van der Waals surface area contributed by atoms with Crippen LogP contribution >= 0.6 is 0 Å². The lowest BCUT2D eigenvalue weighted by Gasteiger charge is -2.19. The zero-order valence-corrected chi connectivity index (χ0v) is 18.4. The Morgan fingerprint density at radius 2 is 2.10 bits per heavy atom. The number of benzene rings is 1. The smallest absolute Gasteiger partial charge is 0.149 e. The van der Waals surface area contributed by atoms with Gasteiger partial charge in [-0.2, -0.15) is 0 Å². The first kappa shape index (κ1) is 22.9. The average Bonchev–Trinajstić information content (AvgIpc) is 3.13. The lowest BCUT2D eigenvalue weighted by molar-refractivity contribution is 0.337. The van der Waals surface area contributed by atoms with Gasteiger partial charge in [0.2, 0.25) is 0 Å². The van der Waals surface area contributed by atoms with E-state index < -0.39 is 11.6 Å². The van der Waals surface area contributed by atoms with Gasteiger partial charge in [-0.25, -0.2) is 13.8 Å². The summed E-state index contributed by atoms with van der Waals surface area (Å²) in [6.07, 6.45) is 9.96. The van der Waals surface area contributed by atoms with Gasteiger partial charge in [0.15, 0.2) is 0 Å². The molecule has 0 bridgehead atoms. The Hall–Kier alpha value is -2.79. The maximum absolute atomic E-state index is 14.8. The largest absolute Gasteiger partial charge is 0.490 e. The molecule has 0 saturated carbocycles. The summed E-state index contributed by atoms with van der Waals surface area (Å²) in [5, 5.41) is 0. The molecule has 1 aromatic carbocycles. The number of nitrogens with zero attached hydrogens (tertiary/aromatic N) is 1. The van der Waals surface area contributed by atoms with E-state index >= 15 is 0 Å². The van der Waals surface area contributed by atoms with Crippen LogP contribution in [0.4, 0.5) is 8.78 Å². The molecule has 2 aromatic rings. The number of aromatic nitrogens is 1. The molecule has 0 saturated heterocycles. The second-order valence-electron chi connectivity index (χ2n) is 7.98. The van der Waals surface area contributed by atoms with Gasteiger partial charge in [0.25, 0.3) is 0 Å². The first-order valence-electron chi connectivity index (χ1n) is 10.7. The van der Waals surface area contributed by atoms with Gasteiger partial charge in [-0.3, -0.25) is 0 Å². The van der Waals surface area contributed by atoms with Gasteiger partial charge in [0, 0.05) is 35.6 Å². The molecule has 0 amide bonds. The lowest BCUT2D eigenvalue weighted by Crippen LogP contribution is -2.16. The van der Waals surface area contributed by atoms with Crippen LogP contribution < -0.4 is 10.5 Å². The van der Waals surface area contributed by atoms with Crippen LogP contribution in [0.25, 0.3) is 11.3 Å². The fraction of sp³-hybridized carbons (Fsp3) is 0.346. The van der Waals surface area contributed by atoms with E-state index in [4.69, 9.17) is 15.5 Å². The molecule has 3 rings (SSSR count). The minimum absolute atomic E-state index is 0.138. The van der Waals surface area contributed by atoms with E-state index in [-0.39, 0.29) is 17.4 Å². The molecule has 1 aromatic heterocycles. The minimum atomic E-state index is -0.663. The van der Waals surface area contributed by atoms with Crippen LogP contribution in [0.2, 0.25) is 0 Å². The van der Waals surface area contributed by atoms with Crippen LogP contribution in [-0.2, 0) is 0 Å². The van der Waals surface area contributed by atoms with E-state index in [2.05, 4.69) is 26.5 Å². The normalized spacial score (nSPS) is 17.0. The Morgan fingerprint density at radius 1 is 1.32 bits per heavy atom. The third kappa shape index (κ3) is 4.77. The highest BCUT2D eigenvalue weighted by Crippen LogP contribution is 2.43.